The number of ether oxygens (including phenoxy) is 2. The molecule has 234 valence electrons. The molecule has 1 aliphatic heterocycles. The summed E-state index contributed by atoms with van der Waals surface area (Å²) in [5, 5.41) is 18.7. The summed E-state index contributed by atoms with van der Waals surface area (Å²) in [5.41, 5.74) is 0.639. The molecule has 43 heavy (non-hydrogen) atoms. The van der Waals surface area contributed by atoms with Gasteiger partial charge in [0.1, 0.15) is 0 Å². The van der Waals surface area contributed by atoms with Gasteiger partial charge in [0, 0.05) is 138 Å². The maximum Gasteiger partial charge on any atom is 0.573 e. The van der Waals surface area contributed by atoms with E-state index in [-0.39, 0.29) is 130 Å². The predicted octanol–water partition coefficient (Wildman–Crippen LogP) is 9.88. The van der Waals surface area contributed by atoms with Crippen molar-refractivity contribution >= 4 is 101 Å². The van der Waals surface area contributed by atoms with Gasteiger partial charge in [0.15, 0.2) is 23.0 Å². The Kier molecular flexibility index (Phi) is 35.0. The third-order valence-corrected chi connectivity index (χ3v) is 21.3. The normalized spacial score (nSPS) is 12.5. The van der Waals surface area contributed by atoms with Gasteiger partial charge in [0.25, 0.3) is 0 Å². The van der Waals surface area contributed by atoms with Crippen molar-refractivity contribution in [3.8, 4) is 23.0 Å². The first kappa shape index (κ1) is 54.0. The Balaban J connectivity index is -0.000000277. The van der Waals surface area contributed by atoms with Crippen molar-refractivity contribution in [3.05, 3.63) is 56.4 Å². The maximum atomic E-state index is 12.2. The largest absolute Gasteiger partial charge is 0.573 e. The molecule has 0 spiro atoms. The quantitative estimate of drug-likeness (QED) is 0.131. The predicted molar refractivity (Wildman–Crippen MR) is 168 cm³/mol. The summed E-state index contributed by atoms with van der Waals surface area (Å²) in [7, 11) is 8.94. The van der Waals surface area contributed by atoms with Crippen LogP contribution in [0.5, 0.6) is 23.0 Å². The van der Waals surface area contributed by atoms with Gasteiger partial charge in [0.2, 0.25) is 0 Å². The van der Waals surface area contributed by atoms with Crippen LogP contribution in [0.4, 0.5) is 26.3 Å². The summed E-state index contributed by atoms with van der Waals surface area (Å²) in [6.07, 6.45) is -5.12. The van der Waals surface area contributed by atoms with Gasteiger partial charge >= 0.3 is 19.8 Å². The van der Waals surface area contributed by atoms with Gasteiger partial charge in [-0.05, 0) is 37.2 Å². The van der Waals surface area contributed by atoms with Crippen molar-refractivity contribution in [2.75, 3.05) is 0 Å². The van der Waals surface area contributed by atoms with E-state index in [0.29, 0.717) is 14.5 Å². The van der Waals surface area contributed by atoms with Crippen LogP contribution in [-0.4, -0.2) is 30.0 Å². The van der Waals surface area contributed by atoms with Gasteiger partial charge < -0.3 is 24.3 Å². The molecule has 6 atom stereocenters. The maximum absolute atomic E-state index is 12.2. The standard InChI is InChI=1S/C10H8BrF3O2.C9H5BBrF3O3.Ir.H8P6.3Y/c1-2-3-6-4-7(11)5-8(9(6)15)16-10(12,13)14;11-6-3-5-1-2-10(15)17-8(5)7(4-6)16-9(12,13)14;;1-3-5-6-4-2;;;/h2-5,15H,1H3;1-4,15H;;3-6H,1-2H2;;;/b3-2+;;;;;;. The van der Waals surface area contributed by atoms with Crippen LogP contribution in [0.25, 0.3) is 12.2 Å². The molecule has 0 amide bonds. The fraction of sp³-hybridized carbons (Fsp3) is 0.158. The molecule has 0 aromatic heterocycles. The van der Waals surface area contributed by atoms with E-state index in [1.807, 2.05) is 0 Å². The Morgan fingerprint density at radius 1 is 0.884 bits per heavy atom. The first-order chi connectivity index (χ1) is 18.1. The van der Waals surface area contributed by atoms with Gasteiger partial charge in [-0.15, -0.1) is 44.2 Å². The summed E-state index contributed by atoms with van der Waals surface area (Å²) in [5.74, 6) is -0.494. The molecule has 0 fully saturated rings. The second-order valence-corrected chi connectivity index (χ2v) is 22.5. The molecule has 0 saturated heterocycles. The Morgan fingerprint density at radius 3 is 1.81 bits per heavy atom. The Hall–Kier alpha value is 4.23. The molecule has 0 bridgehead atoms. The number of hydrogen-bond acceptors (Lipinski definition) is 5. The molecule has 3 rings (SSSR count). The average molecular weight is 1260 g/mol. The molecule has 0 aliphatic carbocycles. The van der Waals surface area contributed by atoms with Crippen LogP contribution < -0.4 is 14.1 Å². The summed E-state index contributed by atoms with van der Waals surface area (Å²) in [6.45, 7) is 1.69. The van der Waals surface area contributed by atoms with E-state index in [0.717, 1.165) is 28.0 Å². The number of phenolic OH excluding ortho intramolecular Hbond substituents is 1. The van der Waals surface area contributed by atoms with Crippen molar-refractivity contribution < 1.29 is 169 Å². The molecule has 2 aromatic rings. The summed E-state index contributed by atoms with van der Waals surface area (Å²) in [4.78, 5) is 0. The van der Waals surface area contributed by atoms with Gasteiger partial charge in [0.05, 0.1) is 0 Å². The van der Waals surface area contributed by atoms with Crippen LogP contribution in [0, 0.1) is 0 Å². The molecule has 1 aliphatic rings. The number of hydrogen-bond donors (Lipinski definition) is 2. The van der Waals surface area contributed by atoms with E-state index in [1.54, 1.807) is 19.1 Å². The average Bonchev–Trinajstić information content (AvgIpc) is 2.80. The monoisotopic (exact) mass is 1260 g/mol. The zero-order valence-corrected chi connectivity index (χ0v) is 42.0. The number of alkyl halides is 6. The Morgan fingerprint density at radius 2 is 1.35 bits per heavy atom. The van der Waals surface area contributed by atoms with E-state index < -0.39 is 37.1 Å². The van der Waals surface area contributed by atoms with E-state index in [4.69, 9.17) is 4.65 Å². The minimum absolute atomic E-state index is 0. The first-order valence-electron chi connectivity index (χ1n) is 10.0. The van der Waals surface area contributed by atoms with Crippen molar-refractivity contribution in [1.29, 1.82) is 0 Å². The van der Waals surface area contributed by atoms with Crippen LogP contribution in [0.2, 0.25) is 0 Å². The number of fused-ring (bicyclic) bond motifs is 1. The third kappa shape index (κ3) is 24.1. The summed E-state index contributed by atoms with van der Waals surface area (Å²) < 4.78 is 85.7. The molecule has 2 aromatic carbocycles. The van der Waals surface area contributed by atoms with Crippen LogP contribution >= 0.6 is 81.5 Å². The van der Waals surface area contributed by atoms with Crippen LogP contribution in [0.15, 0.2) is 45.3 Å². The topological polar surface area (TPSA) is 68.2 Å². The first-order valence-corrected chi connectivity index (χ1v) is 22.2. The molecule has 4 radical (unpaired) electrons. The Bertz CT molecular complexity index is 1160. The van der Waals surface area contributed by atoms with Crippen LogP contribution in [0.3, 0.4) is 0 Å². The number of halogens is 8. The second kappa shape index (κ2) is 27.9. The van der Waals surface area contributed by atoms with Gasteiger partial charge in [-0.1, -0.05) is 81.9 Å². The molecular weight excluding hydrogens is 1240 g/mol. The van der Waals surface area contributed by atoms with Gasteiger partial charge in [-0.3, -0.25) is 0 Å². The molecule has 0 saturated carbocycles. The summed E-state index contributed by atoms with van der Waals surface area (Å²) in [6, 6.07) is 5.22. The zero-order chi connectivity index (χ0) is 29.8. The fourth-order valence-electron chi connectivity index (χ4n) is 2.56. The zero-order valence-electron chi connectivity index (χ0n) is 21.6. The van der Waals surface area contributed by atoms with Gasteiger partial charge in [-0.25, -0.2) is 0 Å². The molecule has 6 unspecified atom stereocenters. The van der Waals surface area contributed by atoms with E-state index in [9.17, 15) is 36.5 Å². The number of phenols is 1. The molecule has 24 heteroatoms. The van der Waals surface area contributed by atoms with E-state index in [2.05, 4.69) is 59.2 Å². The second-order valence-electron chi connectivity index (χ2n) is 6.67. The van der Waals surface area contributed by atoms with E-state index in [1.165, 1.54) is 40.1 Å². The fourth-order valence-corrected chi connectivity index (χ4v) is 20.9. The third-order valence-electron chi connectivity index (χ3n) is 3.80. The number of benzene rings is 2. The number of aromatic hydroxyl groups is 1. The van der Waals surface area contributed by atoms with Crippen molar-refractivity contribution in [2.45, 2.75) is 19.6 Å². The smallest absolute Gasteiger partial charge is 0.530 e. The van der Waals surface area contributed by atoms with Crippen LogP contribution in [-0.2, 0) is 118 Å². The minimum atomic E-state index is -4.83. The van der Waals surface area contributed by atoms with Crippen molar-refractivity contribution in [3.63, 3.8) is 0 Å². The number of allylic oxidation sites excluding steroid dienone is 1. The molecular formula is C19H21BBr2F6IrO5P6Y3. The SMILES string of the molecule is C/C=C/c1cc(Br)cc(OC(F)(F)F)c1O.OB1C=Cc2cc(Br)cc(OC(F)(F)F)c2O1.PPPPPP.[Ir].[Y].[Y].[Y]. The number of rotatable bonds is 6. The minimum Gasteiger partial charge on any atom is -0.530 e. The molecule has 5 nitrogen and oxygen atoms in total. The van der Waals surface area contributed by atoms with Crippen molar-refractivity contribution in [2.24, 2.45) is 0 Å². The van der Waals surface area contributed by atoms with E-state index >= 15 is 0 Å². The van der Waals surface area contributed by atoms with Crippen molar-refractivity contribution in [1.82, 2.24) is 0 Å². The molecule has 1 heterocycles. The Labute approximate surface area is 363 Å². The van der Waals surface area contributed by atoms with Crippen LogP contribution in [0.1, 0.15) is 18.1 Å². The molecule has 2 N–H and O–H groups in total. The summed E-state index contributed by atoms with van der Waals surface area (Å²) >= 11 is 6.10. The van der Waals surface area contributed by atoms with Gasteiger partial charge in [-0.2, -0.15) is 0 Å².